The lowest BCUT2D eigenvalue weighted by Gasteiger charge is -2.35. The first-order valence-electron chi connectivity index (χ1n) is 28.7. The summed E-state index contributed by atoms with van der Waals surface area (Å²) in [6.07, 6.45) is 16.2. The molecule has 5 N–H and O–H groups in total. The van der Waals surface area contributed by atoms with Crippen LogP contribution in [0.25, 0.3) is 43.4 Å². The number of pyridine rings is 1. The van der Waals surface area contributed by atoms with Gasteiger partial charge in [-0.15, -0.1) is 17.8 Å². The van der Waals surface area contributed by atoms with Gasteiger partial charge in [-0.2, -0.15) is 9.97 Å². The van der Waals surface area contributed by atoms with E-state index in [-0.39, 0.29) is 101 Å². The Labute approximate surface area is 476 Å². The molecule has 16 nitrogen and oxygen atoms in total. The molecule has 0 saturated carbocycles. The SMILES string of the molecule is C#Cc1c(F)ccc2cc(O)cc(-c3ncc4c(N5CC6CCC(C5)N6)nc(O[C@H]5CCN(CCCCCCCCCC(=O)NC(C(=O)N6C[C@H](O)C[C@H]6C(=O)N[C@@H](C)c6ccc(-c7scnc7C)cc6)C(C)(C)C)C5)nc4c3F)c12. The molecule has 4 aliphatic rings. The van der Waals surface area contributed by atoms with Crippen molar-refractivity contribution in [1.29, 1.82) is 0 Å². The van der Waals surface area contributed by atoms with Crippen molar-refractivity contribution in [3.63, 3.8) is 0 Å². The average molecular weight is 1130 g/mol. The fraction of sp³-hybridized carbons (Fsp3) is 0.500. The van der Waals surface area contributed by atoms with Gasteiger partial charge in [0.2, 0.25) is 17.7 Å². The van der Waals surface area contributed by atoms with E-state index < -0.39 is 35.2 Å². The van der Waals surface area contributed by atoms with Crippen molar-refractivity contribution in [2.24, 2.45) is 5.41 Å². The summed E-state index contributed by atoms with van der Waals surface area (Å²) in [7, 11) is 0. The largest absolute Gasteiger partial charge is 0.508 e. The molecule has 4 aliphatic heterocycles. The fourth-order valence-corrected chi connectivity index (χ4v) is 13.0. The highest BCUT2D eigenvalue weighted by Gasteiger charge is 2.45. The molecule has 81 heavy (non-hydrogen) atoms. The predicted molar refractivity (Wildman–Crippen MR) is 311 cm³/mol. The second-order valence-electron chi connectivity index (χ2n) is 23.6. The number of hydrogen-bond donors (Lipinski definition) is 5. The molecule has 3 amide bonds. The number of amides is 3. The molecule has 428 valence electrons. The molecule has 4 saturated heterocycles. The van der Waals surface area contributed by atoms with Gasteiger partial charge in [0.15, 0.2) is 5.82 Å². The summed E-state index contributed by atoms with van der Waals surface area (Å²) in [5.41, 5.74) is 4.10. The highest BCUT2D eigenvalue weighted by Crippen LogP contribution is 2.40. The number of rotatable bonds is 20. The van der Waals surface area contributed by atoms with Gasteiger partial charge in [0.05, 0.1) is 39.2 Å². The van der Waals surface area contributed by atoms with Gasteiger partial charge in [0.1, 0.15) is 46.8 Å². The molecule has 7 atom stereocenters. The van der Waals surface area contributed by atoms with Crippen molar-refractivity contribution >= 4 is 56.6 Å². The number of ether oxygens (including phenoxy) is 1. The summed E-state index contributed by atoms with van der Waals surface area (Å²) in [4.78, 5) is 66.9. The van der Waals surface area contributed by atoms with Gasteiger partial charge in [-0.3, -0.25) is 24.3 Å². The van der Waals surface area contributed by atoms with Crippen LogP contribution in [0.1, 0.15) is 128 Å². The minimum atomic E-state index is -0.880. The number of aliphatic hydroxyl groups excluding tert-OH is 1. The molecule has 0 radical (unpaired) electrons. The molecule has 19 heteroatoms. The van der Waals surface area contributed by atoms with E-state index in [0.717, 1.165) is 92.6 Å². The number of piperazine rings is 1. The topological polar surface area (TPSA) is 198 Å². The molecule has 6 aromatic rings. The van der Waals surface area contributed by atoms with Crippen LogP contribution in [0.3, 0.4) is 0 Å². The molecule has 0 aliphatic carbocycles. The Bertz CT molecular complexity index is 3320. The third kappa shape index (κ3) is 12.9. The lowest BCUT2D eigenvalue weighted by molar-refractivity contribution is -0.144. The number of thiazole rings is 1. The van der Waals surface area contributed by atoms with Gasteiger partial charge in [-0.1, -0.05) is 89.1 Å². The fourth-order valence-electron chi connectivity index (χ4n) is 12.2. The molecule has 0 spiro atoms. The van der Waals surface area contributed by atoms with Gasteiger partial charge >= 0.3 is 6.01 Å². The van der Waals surface area contributed by atoms with E-state index in [9.17, 15) is 24.6 Å². The van der Waals surface area contributed by atoms with E-state index in [1.807, 2.05) is 64.4 Å². The number of aliphatic hydroxyl groups is 1. The quantitative estimate of drug-likeness (QED) is 0.0359. The normalized spacial score (nSPS) is 20.9. The van der Waals surface area contributed by atoms with Crippen LogP contribution >= 0.6 is 11.3 Å². The number of fused-ring (bicyclic) bond motifs is 4. The first-order valence-corrected chi connectivity index (χ1v) is 29.6. The van der Waals surface area contributed by atoms with Gasteiger partial charge in [-0.05, 0) is 92.6 Å². The number of halogens is 2. The number of nitrogens with zero attached hydrogens (tertiary/aromatic N) is 7. The second-order valence-corrected chi connectivity index (χ2v) is 24.5. The van der Waals surface area contributed by atoms with Crippen molar-refractivity contribution in [1.82, 2.24) is 45.7 Å². The molecule has 4 fully saturated rings. The first kappa shape index (κ1) is 57.4. The third-order valence-corrected chi connectivity index (χ3v) is 17.5. The van der Waals surface area contributed by atoms with Crippen LogP contribution in [0.5, 0.6) is 11.8 Å². The number of aromatic nitrogens is 4. The Morgan fingerprint density at radius 1 is 0.926 bits per heavy atom. The number of anilines is 1. The zero-order valence-corrected chi connectivity index (χ0v) is 47.8. The maximum absolute atomic E-state index is 17.1. The van der Waals surface area contributed by atoms with E-state index in [1.165, 1.54) is 29.2 Å². The van der Waals surface area contributed by atoms with Crippen LogP contribution in [0.2, 0.25) is 0 Å². The molecule has 3 unspecified atom stereocenters. The van der Waals surface area contributed by atoms with E-state index in [1.54, 1.807) is 17.5 Å². The summed E-state index contributed by atoms with van der Waals surface area (Å²) in [6.45, 7) is 13.4. The number of terminal acetylenes is 1. The number of phenols is 1. The number of β-amino-alcohol motifs (C(OH)–C–C–N with tert-alkyl or cyclic N) is 1. The van der Waals surface area contributed by atoms with Crippen molar-refractivity contribution in [2.75, 3.05) is 44.2 Å². The molecule has 3 aromatic heterocycles. The standard InChI is InChI=1S/C62H74F2N10O6S/c1-7-46-49(63)23-20-40-27-43(75)28-47(52(40)46)54-53(64)55-48(30-65-54)58(73-31-41-21-22-42(32-73)68-41)71-61(70-55)80-45-24-26-72(34-45)25-14-12-10-8-9-11-13-15-51(77)69-57(62(4,5)6)60(79)74-33-44(76)29-50(74)59(78)67-36(2)38-16-18-39(19-17-38)56-37(3)66-35-81-56/h1,16-20,23,27-28,30,35-36,41-42,44-45,50,57,68,75-76H,8-15,21-22,24-26,29,31-34H2,2-6H3,(H,67,78)(H,69,77)/t36-,41?,42?,44+,45-,50-,57?/m0/s1. The second kappa shape index (κ2) is 24.7. The van der Waals surface area contributed by atoms with Gasteiger partial charge in [0.25, 0.3) is 0 Å². The van der Waals surface area contributed by atoms with Crippen LogP contribution in [0.15, 0.2) is 60.2 Å². The Morgan fingerprint density at radius 2 is 1.65 bits per heavy atom. The monoisotopic (exact) mass is 1120 g/mol. The third-order valence-electron chi connectivity index (χ3n) is 16.6. The van der Waals surface area contributed by atoms with E-state index in [2.05, 4.69) is 46.6 Å². The summed E-state index contributed by atoms with van der Waals surface area (Å²) in [5.74, 6) is 0.485. The number of nitrogens with one attached hydrogen (secondary N) is 3. The lowest BCUT2D eigenvalue weighted by Crippen LogP contribution is -2.57. The Kier molecular flexibility index (Phi) is 17.5. The summed E-state index contributed by atoms with van der Waals surface area (Å²) < 4.78 is 38.6. The zero-order chi connectivity index (χ0) is 57.1. The van der Waals surface area contributed by atoms with E-state index in [4.69, 9.17) is 16.1 Å². The number of unbranched alkanes of at least 4 members (excludes halogenated alkanes) is 6. The molecule has 3 aromatic carbocycles. The van der Waals surface area contributed by atoms with Gasteiger partial charge < -0.3 is 40.7 Å². The van der Waals surface area contributed by atoms with Crippen molar-refractivity contribution < 1.29 is 38.1 Å². The zero-order valence-electron chi connectivity index (χ0n) is 46.9. The highest BCUT2D eigenvalue weighted by molar-refractivity contribution is 7.13. The van der Waals surface area contributed by atoms with E-state index >= 15 is 8.78 Å². The Hall–Kier alpha value is -6.85. The summed E-state index contributed by atoms with van der Waals surface area (Å²) in [5, 5.41) is 32.3. The lowest BCUT2D eigenvalue weighted by atomic mass is 9.85. The van der Waals surface area contributed by atoms with Crippen LogP contribution in [0.4, 0.5) is 14.6 Å². The average Bonchev–Trinajstić information content (AvgIpc) is 4.21. The number of phenolic OH excluding ortho intramolecular Hbond substituents is 1. The smallest absolute Gasteiger partial charge is 0.319 e. The molecule has 2 bridgehead atoms. The first-order chi connectivity index (χ1) is 38.9. The highest BCUT2D eigenvalue weighted by atomic mass is 32.1. The number of likely N-dealkylation sites (tertiary alicyclic amines) is 2. The van der Waals surface area contributed by atoms with E-state index in [0.29, 0.717) is 42.6 Å². The molecule has 7 heterocycles. The van der Waals surface area contributed by atoms with Crippen LogP contribution in [-0.2, 0) is 14.4 Å². The number of hydrogen-bond acceptors (Lipinski definition) is 14. The minimum Gasteiger partial charge on any atom is -0.508 e. The van der Waals surface area contributed by atoms with Crippen molar-refractivity contribution in [3.05, 3.63) is 88.7 Å². The molecular weight excluding hydrogens is 1050 g/mol. The minimum absolute atomic E-state index is 0.0121. The Morgan fingerprint density at radius 3 is 2.36 bits per heavy atom. The number of carbonyl (C=O) groups is 3. The van der Waals surface area contributed by atoms with Crippen LogP contribution in [0, 0.1) is 36.3 Å². The van der Waals surface area contributed by atoms with Crippen LogP contribution < -0.4 is 25.6 Å². The maximum atomic E-state index is 17.1. The van der Waals surface area contributed by atoms with Crippen molar-refractivity contribution in [2.45, 2.75) is 154 Å². The number of carbonyl (C=O) groups excluding carboxylic acids is 3. The summed E-state index contributed by atoms with van der Waals surface area (Å²) in [6, 6.07) is 12.0. The maximum Gasteiger partial charge on any atom is 0.319 e. The van der Waals surface area contributed by atoms with Crippen molar-refractivity contribution in [3.8, 4) is 45.8 Å². The van der Waals surface area contributed by atoms with Crippen LogP contribution in [-0.4, -0.2) is 133 Å². The Balaban J connectivity index is 0.677. The number of benzene rings is 3. The number of aryl methyl sites for hydroxylation is 1. The summed E-state index contributed by atoms with van der Waals surface area (Å²) >= 11 is 1.58. The molecular formula is C62H74F2N10O6S. The number of aromatic hydroxyl groups is 1. The molecule has 10 rings (SSSR count). The van der Waals surface area contributed by atoms with Gasteiger partial charge in [0, 0.05) is 74.8 Å². The predicted octanol–water partition coefficient (Wildman–Crippen LogP) is 9.13. The van der Waals surface area contributed by atoms with Gasteiger partial charge in [-0.25, -0.2) is 13.8 Å².